The van der Waals surface area contributed by atoms with Gasteiger partial charge in [-0.05, 0) is 62.9 Å². The maximum absolute atomic E-state index is 12.7. The Bertz CT molecular complexity index is 336. The molecule has 108 valence electrons. The summed E-state index contributed by atoms with van der Waals surface area (Å²) < 4.78 is 0. The number of nitrogens with zero attached hydrogens (tertiary/aromatic N) is 1. The minimum absolute atomic E-state index is 0.368. The molecule has 1 N–H and O–H groups in total. The van der Waals surface area contributed by atoms with Crippen LogP contribution in [0.25, 0.3) is 0 Å². The fourth-order valence-electron chi connectivity index (χ4n) is 4.19. The summed E-state index contributed by atoms with van der Waals surface area (Å²) >= 11 is 0. The highest BCUT2D eigenvalue weighted by Crippen LogP contribution is 2.59. The predicted octanol–water partition coefficient (Wildman–Crippen LogP) is 2.41. The van der Waals surface area contributed by atoms with Crippen molar-refractivity contribution in [1.29, 1.82) is 0 Å². The molecule has 0 radical (unpaired) electrons. The minimum Gasteiger partial charge on any atom is -0.342 e. The summed E-state index contributed by atoms with van der Waals surface area (Å²) in [6, 6.07) is 0. The Kier molecular flexibility index (Phi) is 3.84. The van der Waals surface area contributed by atoms with Crippen LogP contribution in [0.5, 0.6) is 0 Å². The SMILES string of the molecule is CC[C@@H]1CCCN(C(=O)[C@H]2CC23CCNCC3)CC1. The van der Waals surface area contributed by atoms with E-state index in [0.29, 0.717) is 17.2 Å². The van der Waals surface area contributed by atoms with Crippen molar-refractivity contribution < 1.29 is 4.79 Å². The predicted molar refractivity (Wildman–Crippen MR) is 76.9 cm³/mol. The molecule has 3 heteroatoms. The average Bonchev–Trinajstić information content (AvgIpc) is 3.18. The number of nitrogens with one attached hydrogen (secondary N) is 1. The zero-order valence-corrected chi connectivity index (χ0v) is 12.3. The molecule has 2 saturated heterocycles. The Balaban J connectivity index is 1.56. The van der Waals surface area contributed by atoms with Crippen molar-refractivity contribution in [3.05, 3.63) is 0 Å². The second-order valence-corrected chi connectivity index (χ2v) is 6.90. The number of carbonyl (C=O) groups is 1. The molecule has 3 fully saturated rings. The summed E-state index contributed by atoms with van der Waals surface area (Å²) in [7, 11) is 0. The van der Waals surface area contributed by atoms with E-state index in [1.807, 2.05) is 0 Å². The fraction of sp³-hybridized carbons (Fsp3) is 0.938. The van der Waals surface area contributed by atoms with Crippen LogP contribution in [0.2, 0.25) is 0 Å². The number of rotatable bonds is 2. The van der Waals surface area contributed by atoms with Crippen molar-refractivity contribution in [3.8, 4) is 0 Å². The first kappa shape index (κ1) is 13.4. The molecule has 1 spiro atoms. The molecule has 3 rings (SSSR count). The van der Waals surface area contributed by atoms with Crippen molar-refractivity contribution in [2.24, 2.45) is 17.3 Å². The lowest BCUT2D eigenvalue weighted by Crippen LogP contribution is -2.37. The second kappa shape index (κ2) is 5.43. The lowest BCUT2D eigenvalue weighted by Gasteiger charge is -2.26. The largest absolute Gasteiger partial charge is 0.342 e. The molecule has 1 amide bonds. The lowest BCUT2D eigenvalue weighted by molar-refractivity contribution is -0.133. The Morgan fingerprint density at radius 3 is 2.79 bits per heavy atom. The van der Waals surface area contributed by atoms with Gasteiger partial charge in [-0.15, -0.1) is 0 Å². The van der Waals surface area contributed by atoms with Crippen molar-refractivity contribution >= 4 is 5.91 Å². The van der Waals surface area contributed by atoms with Gasteiger partial charge in [0.05, 0.1) is 0 Å². The molecule has 1 saturated carbocycles. The van der Waals surface area contributed by atoms with Gasteiger partial charge < -0.3 is 10.2 Å². The van der Waals surface area contributed by atoms with Crippen LogP contribution in [0.3, 0.4) is 0 Å². The first-order chi connectivity index (χ1) is 9.25. The van der Waals surface area contributed by atoms with Crippen LogP contribution in [0, 0.1) is 17.3 Å². The second-order valence-electron chi connectivity index (χ2n) is 6.90. The van der Waals surface area contributed by atoms with E-state index in [9.17, 15) is 4.79 Å². The fourth-order valence-corrected chi connectivity index (χ4v) is 4.19. The number of piperidine rings is 1. The van der Waals surface area contributed by atoms with E-state index in [1.54, 1.807) is 0 Å². The van der Waals surface area contributed by atoms with E-state index in [2.05, 4.69) is 17.1 Å². The Hall–Kier alpha value is -0.570. The highest BCUT2D eigenvalue weighted by atomic mass is 16.2. The van der Waals surface area contributed by atoms with Crippen LogP contribution in [0.4, 0.5) is 0 Å². The molecule has 3 nitrogen and oxygen atoms in total. The van der Waals surface area contributed by atoms with Gasteiger partial charge in [-0.25, -0.2) is 0 Å². The molecule has 0 aromatic carbocycles. The van der Waals surface area contributed by atoms with Crippen LogP contribution in [0.1, 0.15) is 51.9 Å². The van der Waals surface area contributed by atoms with Gasteiger partial charge in [0.15, 0.2) is 0 Å². The van der Waals surface area contributed by atoms with Crippen LogP contribution >= 0.6 is 0 Å². The van der Waals surface area contributed by atoms with Gasteiger partial charge >= 0.3 is 0 Å². The smallest absolute Gasteiger partial charge is 0.226 e. The molecule has 0 unspecified atom stereocenters. The summed E-state index contributed by atoms with van der Waals surface area (Å²) in [6.45, 7) is 6.54. The monoisotopic (exact) mass is 264 g/mol. The van der Waals surface area contributed by atoms with Gasteiger partial charge in [-0.1, -0.05) is 13.3 Å². The van der Waals surface area contributed by atoms with Gasteiger partial charge in [-0.2, -0.15) is 0 Å². The molecule has 19 heavy (non-hydrogen) atoms. The molecule has 2 atom stereocenters. The molecular weight excluding hydrogens is 236 g/mol. The van der Waals surface area contributed by atoms with E-state index >= 15 is 0 Å². The molecule has 0 aromatic heterocycles. The van der Waals surface area contributed by atoms with Crippen LogP contribution in [-0.4, -0.2) is 37.0 Å². The van der Waals surface area contributed by atoms with E-state index in [0.717, 1.165) is 32.1 Å². The first-order valence-electron chi connectivity index (χ1n) is 8.25. The standard InChI is InChI=1S/C16H28N2O/c1-2-13-4-3-10-18(11-5-13)15(19)14-12-16(14)6-8-17-9-7-16/h13-14,17H,2-12H2,1H3/t13-,14-/m1/s1. The highest BCUT2D eigenvalue weighted by molar-refractivity contribution is 5.82. The van der Waals surface area contributed by atoms with E-state index in [4.69, 9.17) is 0 Å². The van der Waals surface area contributed by atoms with Gasteiger partial charge in [0.2, 0.25) is 5.91 Å². The number of likely N-dealkylation sites (tertiary alicyclic amines) is 1. The quantitative estimate of drug-likeness (QED) is 0.830. The third-order valence-electron chi connectivity index (χ3n) is 5.82. The summed E-state index contributed by atoms with van der Waals surface area (Å²) in [5.41, 5.74) is 0.402. The van der Waals surface area contributed by atoms with Crippen LogP contribution < -0.4 is 5.32 Å². The summed E-state index contributed by atoms with van der Waals surface area (Å²) in [5, 5.41) is 3.42. The van der Waals surface area contributed by atoms with Crippen molar-refractivity contribution in [2.75, 3.05) is 26.2 Å². The zero-order chi connectivity index (χ0) is 13.3. The number of carbonyl (C=O) groups excluding carboxylic acids is 1. The van der Waals surface area contributed by atoms with Gasteiger partial charge in [0.25, 0.3) is 0 Å². The lowest BCUT2D eigenvalue weighted by atomic mass is 9.91. The third kappa shape index (κ3) is 2.67. The summed E-state index contributed by atoms with van der Waals surface area (Å²) in [5.74, 6) is 1.70. The summed E-state index contributed by atoms with van der Waals surface area (Å²) in [4.78, 5) is 14.9. The normalized spacial score (nSPS) is 34.1. The number of hydrogen-bond acceptors (Lipinski definition) is 2. The molecule has 2 heterocycles. The number of hydrogen-bond donors (Lipinski definition) is 1. The minimum atomic E-state index is 0.368. The van der Waals surface area contributed by atoms with E-state index in [-0.39, 0.29) is 0 Å². The van der Waals surface area contributed by atoms with Gasteiger partial charge in [0.1, 0.15) is 0 Å². The van der Waals surface area contributed by atoms with Crippen molar-refractivity contribution in [3.63, 3.8) is 0 Å². The van der Waals surface area contributed by atoms with Crippen LogP contribution in [-0.2, 0) is 4.79 Å². The third-order valence-corrected chi connectivity index (χ3v) is 5.82. The Labute approximate surface area is 117 Å². The Morgan fingerprint density at radius 2 is 2.05 bits per heavy atom. The maximum atomic E-state index is 12.7. The molecule has 0 bridgehead atoms. The van der Waals surface area contributed by atoms with Crippen molar-refractivity contribution in [1.82, 2.24) is 10.2 Å². The highest BCUT2D eigenvalue weighted by Gasteiger charge is 2.58. The van der Waals surface area contributed by atoms with Crippen LogP contribution in [0.15, 0.2) is 0 Å². The summed E-state index contributed by atoms with van der Waals surface area (Å²) in [6.07, 6.45) is 8.64. The van der Waals surface area contributed by atoms with Crippen molar-refractivity contribution in [2.45, 2.75) is 51.9 Å². The van der Waals surface area contributed by atoms with E-state index in [1.165, 1.54) is 44.9 Å². The maximum Gasteiger partial charge on any atom is 0.226 e. The number of amides is 1. The van der Waals surface area contributed by atoms with Gasteiger partial charge in [0, 0.05) is 19.0 Å². The molecule has 0 aromatic rings. The van der Waals surface area contributed by atoms with E-state index < -0.39 is 0 Å². The molecule has 2 aliphatic heterocycles. The zero-order valence-electron chi connectivity index (χ0n) is 12.3. The first-order valence-corrected chi connectivity index (χ1v) is 8.25. The molecule has 1 aliphatic carbocycles. The van der Waals surface area contributed by atoms with Gasteiger partial charge in [-0.3, -0.25) is 4.79 Å². The average molecular weight is 264 g/mol. The molecular formula is C16H28N2O. The topological polar surface area (TPSA) is 32.3 Å². The Morgan fingerprint density at radius 1 is 1.26 bits per heavy atom. The molecule has 3 aliphatic rings.